The molecule has 4 N–H and O–H groups in total. The van der Waals surface area contributed by atoms with E-state index in [-0.39, 0.29) is 20.1 Å². The molecule has 0 atom stereocenters. The lowest BCUT2D eigenvalue weighted by molar-refractivity contribution is 0.256. The van der Waals surface area contributed by atoms with Crippen LogP contribution in [0.1, 0.15) is 12.8 Å². The number of anilines is 2. The quantitative estimate of drug-likeness (QED) is 0.277. The SMILES string of the molecule is O=C(Nc1ccc(-n2c(=O)[nH]c3cc(NCC4CC4)ccc3c2=O)nc1)NS(=O)(=O)c1ccc(Cl)s1. The summed E-state index contributed by atoms with van der Waals surface area (Å²) in [6, 6.07) is 9.57. The van der Waals surface area contributed by atoms with E-state index in [1.54, 1.807) is 18.2 Å². The number of H-pyrrole nitrogens is 1. The Balaban J connectivity index is 1.33. The van der Waals surface area contributed by atoms with Crippen LogP contribution < -0.4 is 26.6 Å². The molecular weight excluding hydrogens is 528 g/mol. The number of benzene rings is 1. The second kappa shape index (κ2) is 9.41. The molecule has 1 aliphatic carbocycles. The fraction of sp³-hybridized carbons (Fsp3) is 0.182. The zero-order valence-electron chi connectivity index (χ0n) is 18.4. The van der Waals surface area contributed by atoms with Crippen molar-refractivity contribution in [3.05, 3.63) is 73.8 Å². The smallest absolute Gasteiger partial charge is 0.334 e. The summed E-state index contributed by atoms with van der Waals surface area (Å²) in [5, 5.41) is 5.96. The number of carbonyl (C=O) groups excluding carboxylic acids is 1. The van der Waals surface area contributed by atoms with Crippen molar-refractivity contribution in [1.82, 2.24) is 19.3 Å². The topological polar surface area (TPSA) is 155 Å². The Morgan fingerprint density at radius 2 is 1.92 bits per heavy atom. The first-order valence-electron chi connectivity index (χ1n) is 10.8. The van der Waals surface area contributed by atoms with Gasteiger partial charge in [0.1, 0.15) is 10.0 Å². The molecule has 3 aromatic heterocycles. The van der Waals surface area contributed by atoms with Crippen LogP contribution in [0.5, 0.6) is 0 Å². The maximum Gasteiger partial charge on any atom is 0.334 e. The van der Waals surface area contributed by atoms with Gasteiger partial charge < -0.3 is 15.6 Å². The van der Waals surface area contributed by atoms with E-state index in [4.69, 9.17) is 11.6 Å². The summed E-state index contributed by atoms with van der Waals surface area (Å²) >= 11 is 6.56. The van der Waals surface area contributed by atoms with Gasteiger partial charge in [-0.25, -0.2) is 32.3 Å². The molecule has 0 saturated heterocycles. The molecule has 1 aliphatic rings. The average molecular weight is 547 g/mol. The first kappa shape index (κ1) is 24.0. The van der Waals surface area contributed by atoms with Crippen molar-refractivity contribution in [1.29, 1.82) is 0 Å². The van der Waals surface area contributed by atoms with Crippen LogP contribution in [0.4, 0.5) is 16.2 Å². The van der Waals surface area contributed by atoms with Crippen LogP contribution >= 0.6 is 22.9 Å². The van der Waals surface area contributed by atoms with Crippen molar-refractivity contribution < 1.29 is 13.2 Å². The number of nitrogens with one attached hydrogen (secondary N) is 4. The second-order valence-electron chi connectivity index (χ2n) is 8.18. The molecule has 5 rings (SSSR count). The van der Waals surface area contributed by atoms with Gasteiger partial charge in [-0.1, -0.05) is 11.6 Å². The van der Waals surface area contributed by atoms with Crippen LogP contribution in [0.3, 0.4) is 0 Å². The Labute approximate surface area is 213 Å². The number of halogens is 1. The Kier molecular flexibility index (Phi) is 6.28. The second-order valence-corrected chi connectivity index (χ2v) is 11.8. The van der Waals surface area contributed by atoms with E-state index in [9.17, 15) is 22.8 Å². The van der Waals surface area contributed by atoms with Gasteiger partial charge in [-0.15, -0.1) is 11.3 Å². The van der Waals surface area contributed by atoms with Gasteiger partial charge >= 0.3 is 11.7 Å². The maximum atomic E-state index is 13.0. The largest absolute Gasteiger partial charge is 0.385 e. The van der Waals surface area contributed by atoms with Crippen LogP contribution in [-0.2, 0) is 10.0 Å². The minimum absolute atomic E-state index is 0.0332. The van der Waals surface area contributed by atoms with Gasteiger partial charge in [0.2, 0.25) is 0 Å². The van der Waals surface area contributed by atoms with Crippen LogP contribution in [0.15, 0.2) is 62.5 Å². The third kappa shape index (κ3) is 5.12. The third-order valence-electron chi connectivity index (χ3n) is 5.46. The minimum Gasteiger partial charge on any atom is -0.385 e. The molecule has 4 aromatic rings. The van der Waals surface area contributed by atoms with E-state index < -0.39 is 27.3 Å². The molecule has 0 aliphatic heterocycles. The lowest BCUT2D eigenvalue weighted by atomic mass is 10.2. The van der Waals surface area contributed by atoms with Crippen molar-refractivity contribution in [2.24, 2.45) is 5.92 Å². The minimum atomic E-state index is -4.09. The first-order chi connectivity index (χ1) is 17.2. The normalized spacial score (nSPS) is 13.5. The molecular formula is C22H19ClN6O5S2. The molecule has 14 heteroatoms. The van der Waals surface area contributed by atoms with Gasteiger partial charge in [-0.3, -0.25) is 4.79 Å². The predicted octanol–water partition coefficient (Wildman–Crippen LogP) is 3.12. The molecule has 11 nitrogen and oxygen atoms in total. The molecule has 36 heavy (non-hydrogen) atoms. The standard InChI is InChI=1S/C22H19ClN6O5S2/c23-17-6-8-19(35-17)36(33,34)28-21(31)26-14-4-7-18(25-11-14)29-20(30)15-5-3-13(24-10-12-1-2-12)9-16(15)27-22(29)32/h3-9,11-12,24H,1-2,10H2,(H,27,32)(H2,26,28,31). The highest BCUT2D eigenvalue weighted by atomic mass is 35.5. The van der Waals surface area contributed by atoms with Gasteiger partial charge in [0.05, 0.1) is 27.1 Å². The number of hydrogen-bond acceptors (Lipinski definition) is 8. The lowest BCUT2D eigenvalue weighted by Crippen LogP contribution is -2.35. The molecule has 0 radical (unpaired) electrons. The number of nitrogens with zero attached hydrogens (tertiary/aromatic N) is 2. The Bertz CT molecular complexity index is 1690. The van der Waals surface area contributed by atoms with Crippen LogP contribution in [0, 0.1) is 5.92 Å². The van der Waals surface area contributed by atoms with Crippen molar-refractivity contribution >= 4 is 61.3 Å². The number of rotatable bonds is 7. The molecule has 0 spiro atoms. The highest BCUT2D eigenvalue weighted by Gasteiger charge is 2.21. The third-order valence-corrected chi connectivity index (χ3v) is 8.52. The van der Waals surface area contributed by atoms with Gasteiger partial charge in [0, 0.05) is 12.2 Å². The van der Waals surface area contributed by atoms with Crippen molar-refractivity contribution in [2.45, 2.75) is 17.1 Å². The molecule has 0 bridgehead atoms. The summed E-state index contributed by atoms with van der Waals surface area (Å²) in [6.45, 7) is 0.851. The Morgan fingerprint density at radius 1 is 1.14 bits per heavy atom. The highest BCUT2D eigenvalue weighted by molar-refractivity contribution is 7.92. The van der Waals surface area contributed by atoms with Gasteiger partial charge in [-0.2, -0.15) is 0 Å². The number of aromatic nitrogens is 3. The molecule has 2 amide bonds. The van der Waals surface area contributed by atoms with Crippen LogP contribution in [-0.4, -0.2) is 35.5 Å². The van der Waals surface area contributed by atoms with E-state index in [0.29, 0.717) is 16.8 Å². The summed E-state index contributed by atoms with van der Waals surface area (Å²) in [7, 11) is -4.09. The number of carbonyl (C=O) groups is 1. The summed E-state index contributed by atoms with van der Waals surface area (Å²) in [5.74, 6) is 0.706. The number of urea groups is 1. The summed E-state index contributed by atoms with van der Waals surface area (Å²) in [5.41, 5.74) is 0.156. The summed E-state index contributed by atoms with van der Waals surface area (Å²) in [4.78, 5) is 44.7. The number of pyridine rings is 1. The Hall–Kier alpha value is -3.68. The number of amides is 2. The number of hydrogen-bond donors (Lipinski definition) is 4. The van der Waals surface area contributed by atoms with Gasteiger partial charge in [0.15, 0.2) is 0 Å². The van der Waals surface area contributed by atoms with E-state index in [0.717, 1.165) is 28.1 Å². The zero-order valence-corrected chi connectivity index (χ0v) is 20.8. The number of aromatic amines is 1. The van der Waals surface area contributed by atoms with Crippen LogP contribution in [0.2, 0.25) is 4.34 Å². The van der Waals surface area contributed by atoms with Crippen molar-refractivity contribution in [2.75, 3.05) is 17.2 Å². The van der Waals surface area contributed by atoms with Gasteiger partial charge in [-0.05, 0) is 61.2 Å². The van der Waals surface area contributed by atoms with Crippen molar-refractivity contribution in [3.8, 4) is 5.82 Å². The zero-order chi connectivity index (χ0) is 25.4. The van der Waals surface area contributed by atoms with E-state index in [1.807, 2.05) is 4.72 Å². The fourth-order valence-electron chi connectivity index (χ4n) is 3.48. The van der Waals surface area contributed by atoms with Crippen LogP contribution in [0.25, 0.3) is 16.7 Å². The number of fused-ring (bicyclic) bond motifs is 1. The van der Waals surface area contributed by atoms with E-state index in [1.165, 1.54) is 43.3 Å². The Morgan fingerprint density at radius 3 is 2.58 bits per heavy atom. The molecule has 3 heterocycles. The summed E-state index contributed by atoms with van der Waals surface area (Å²) < 4.78 is 27.4. The van der Waals surface area contributed by atoms with Gasteiger partial charge in [0.25, 0.3) is 15.6 Å². The molecule has 1 saturated carbocycles. The van der Waals surface area contributed by atoms with Crippen molar-refractivity contribution in [3.63, 3.8) is 0 Å². The lowest BCUT2D eigenvalue weighted by Gasteiger charge is -2.10. The number of sulfonamides is 1. The predicted molar refractivity (Wildman–Crippen MR) is 138 cm³/mol. The first-order valence-corrected chi connectivity index (χ1v) is 13.5. The summed E-state index contributed by atoms with van der Waals surface area (Å²) in [6.07, 6.45) is 3.61. The highest BCUT2D eigenvalue weighted by Crippen LogP contribution is 2.29. The molecule has 186 valence electrons. The van der Waals surface area contributed by atoms with E-state index >= 15 is 0 Å². The fourth-order valence-corrected chi connectivity index (χ4v) is 5.87. The maximum absolute atomic E-state index is 13.0. The van der Waals surface area contributed by atoms with E-state index in [2.05, 4.69) is 20.6 Å². The monoisotopic (exact) mass is 546 g/mol. The molecule has 1 aromatic carbocycles. The number of thiophene rings is 1. The average Bonchev–Trinajstić information content (AvgIpc) is 3.55. The molecule has 0 unspecified atom stereocenters. The molecule has 1 fully saturated rings.